The Kier molecular flexibility index (Phi) is 9.79. The molecule has 7 nitrogen and oxygen atoms in total. The molecule has 0 fully saturated rings. The number of hydrogen-bond acceptors (Lipinski definition) is 4. The van der Waals surface area contributed by atoms with Gasteiger partial charge in [-0.1, -0.05) is 49.2 Å². The Morgan fingerprint density at radius 2 is 1.59 bits per heavy atom. The van der Waals surface area contributed by atoms with Crippen LogP contribution in [-0.2, 0) is 26.2 Å². The molecule has 1 N–H and O–H groups in total. The second kappa shape index (κ2) is 11.9. The summed E-state index contributed by atoms with van der Waals surface area (Å²) in [6.45, 7) is 7.41. The molecule has 0 radical (unpaired) electrons. The topological polar surface area (TPSA) is 86.8 Å². The van der Waals surface area contributed by atoms with E-state index in [9.17, 15) is 18.0 Å². The highest BCUT2D eigenvalue weighted by molar-refractivity contribution is 7.92. The highest BCUT2D eigenvalue weighted by Crippen LogP contribution is 2.26. The van der Waals surface area contributed by atoms with Crippen molar-refractivity contribution in [1.29, 1.82) is 0 Å². The fraction of sp³-hybridized carbons (Fsp3) is 0.417. The van der Waals surface area contributed by atoms with Gasteiger partial charge in [0.15, 0.2) is 0 Å². The minimum Gasteiger partial charge on any atom is -0.354 e. The molecule has 0 aliphatic rings. The normalized spacial score (nSPS) is 12.4. The van der Waals surface area contributed by atoms with Crippen LogP contribution in [-0.4, -0.2) is 50.5 Å². The van der Waals surface area contributed by atoms with Crippen molar-refractivity contribution < 1.29 is 18.0 Å². The summed E-state index contributed by atoms with van der Waals surface area (Å²) in [7, 11) is -3.80. The minimum atomic E-state index is -3.80. The molecule has 0 aliphatic heterocycles. The first-order valence-corrected chi connectivity index (χ1v) is 13.5. The van der Waals surface area contributed by atoms with Gasteiger partial charge in [0.2, 0.25) is 21.8 Å². The lowest BCUT2D eigenvalue weighted by Gasteiger charge is -2.32. The van der Waals surface area contributed by atoms with Crippen LogP contribution in [0.15, 0.2) is 42.5 Å². The van der Waals surface area contributed by atoms with Crippen molar-refractivity contribution in [3.8, 4) is 0 Å². The number of carbonyl (C=O) groups is 2. The van der Waals surface area contributed by atoms with Crippen molar-refractivity contribution in [3.63, 3.8) is 0 Å². The molecule has 186 valence electrons. The van der Waals surface area contributed by atoms with Gasteiger partial charge in [0.25, 0.3) is 0 Å². The van der Waals surface area contributed by atoms with Gasteiger partial charge in [0.05, 0.1) is 11.9 Å². The smallest absolute Gasteiger partial charge is 0.244 e. The SMILES string of the molecule is Cc1cc(Cl)ccc1N(CC(=O)N(Cc1ccc(Cl)cc1)[C@@H](C)C(=O)NCC(C)C)S(C)(=O)=O. The molecule has 2 aromatic rings. The molecule has 0 bridgehead atoms. The van der Waals surface area contributed by atoms with Gasteiger partial charge < -0.3 is 10.2 Å². The van der Waals surface area contributed by atoms with Crippen LogP contribution in [0.3, 0.4) is 0 Å². The Bertz CT molecular complexity index is 1120. The van der Waals surface area contributed by atoms with E-state index >= 15 is 0 Å². The molecular formula is C24H31Cl2N3O4S. The number of nitrogens with zero attached hydrogens (tertiary/aromatic N) is 2. The molecule has 0 heterocycles. The number of sulfonamides is 1. The van der Waals surface area contributed by atoms with E-state index in [1.54, 1.807) is 56.3 Å². The molecular weight excluding hydrogens is 497 g/mol. The largest absolute Gasteiger partial charge is 0.354 e. The Labute approximate surface area is 212 Å². The summed E-state index contributed by atoms with van der Waals surface area (Å²) in [5.41, 5.74) is 1.72. The molecule has 0 saturated heterocycles. The zero-order chi connectivity index (χ0) is 25.6. The molecule has 2 rings (SSSR count). The Morgan fingerprint density at radius 3 is 2.12 bits per heavy atom. The van der Waals surface area contributed by atoms with Crippen LogP contribution >= 0.6 is 23.2 Å². The van der Waals surface area contributed by atoms with Crippen molar-refractivity contribution in [2.75, 3.05) is 23.7 Å². The third-order valence-electron chi connectivity index (χ3n) is 5.22. The first-order chi connectivity index (χ1) is 15.8. The third-order valence-corrected chi connectivity index (χ3v) is 6.84. The first-order valence-electron chi connectivity index (χ1n) is 10.8. The van der Waals surface area contributed by atoms with Gasteiger partial charge in [-0.25, -0.2) is 8.42 Å². The van der Waals surface area contributed by atoms with Gasteiger partial charge in [0.1, 0.15) is 12.6 Å². The van der Waals surface area contributed by atoms with Gasteiger partial charge in [-0.3, -0.25) is 13.9 Å². The van der Waals surface area contributed by atoms with Crippen LogP contribution in [0, 0.1) is 12.8 Å². The molecule has 2 amide bonds. The van der Waals surface area contributed by atoms with Crippen molar-refractivity contribution in [3.05, 3.63) is 63.6 Å². The Hall–Kier alpha value is -2.29. The fourth-order valence-electron chi connectivity index (χ4n) is 3.32. The van der Waals surface area contributed by atoms with Crippen molar-refractivity contribution in [2.24, 2.45) is 5.92 Å². The lowest BCUT2D eigenvalue weighted by Crippen LogP contribution is -2.51. The zero-order valence-electron chi connectivity index (χ0n) is 20.0. The molecule has 0 aromatic heterocycles. The molecule has 10 heteroatoms. The van der Waals surface area contributed by atoms with E-state index in [2.05, 4.69) is 5.32 Å². The maximum Gasteiger partial charge on any atom is 0.244 e. The minimum absolute atomic E-state index is 0.115. The van der Waals surface area contributed by atoms with E-state index in [0.29, 0.717) is 27.8 Å². The molecule has 0 spiro atoms. The van der Waals surface area contributed by atoms with E-state index < -0.39 is 28.5 Å². The summed E-state index contributed by atoms with van der Waals surface area (Å²) in [6.07, 6.45) is 1.04. The Morgan fingerprint density at radius 1 is 1.00 bits per heavy atom. The zero-order valence-corrected chi connectivity index (χ0v) is 22.3. The van der Waals surface area contributed by atoms with Crippen LogP contribution in [0.4, 0.5) is 5.69 Å². The van der Waals surface area contributed by atoms with Gasteiger partial charge in [-0.05, 0) is 61.2 Å². The quantitative estimate of drug-likeness (QED) is 0.500. The Balaban J connectivity index is 2.39. The molecule has 2 aromatic carbocycles. The average molecular weight is 529 g/mol. The average Bonchev–Trinajstić information content (AvgIpc) is 2.74. The molecule has 1 atom stereocenters. The summed E-state index contributed by atoms with van der Waals surface area (Å²) >= 11 is 12.0. The summed E-state index contributed by atoms with van der Waals surface area (Å²) < 4.78 is 26.3. The standard InChI is InChI=1S/C24H31Cl2N3O4S/c1-16(2)13-27-24(31)18(4)28(14-19-6-8-20(25)9-7-19)23(30)15-29(34(5,32)33)22-11-10-21(26)12-17(22)3/h6-12,16,18H,13-15H2,1-5H3,(H,27,31)/t18-/m0/s1. The summed E-state index contributed by atoms with van der Waals surface area (Å²) in [4.78, 5) is 27.7. The van der Waals surface area contributed by atoms with Gasteiger partial charge in [-0.2, -0.15) is 0 Å². The number of rotatable bonds is 10. The number of amides is 2. The number of carbonyl (C=O) groups excluding carboxylic acids is 2. The van der Waals surface area contributed by atoms with Crippen molar-refractivity contribution in [1.82, 2.24) is 10.2 Å². The van der Waals surface area contributed by atoms with Crippen LogP contribution in [0.25, 0.3) is 0 Å². The van der Waals surface area contributed by atoms with Crippen LogP contribution in [0.2, 0.25) is 10.0 Å². The number of benzene rings is 2. The predicted octanol–water partition coefficient (Wildman–Crippen LogP) is 4.26. The van der Waals surface area contributed by atoms with Crippen LogP contribution in [0.5, 0.6) is 0 Å². The van der Waals surface area contributed by atoms with Crippen molar-refractivity contribution in [2.45, 2.75) is 40.3 Å². The maximum atomic E-state index is 13.5. The summed E-state index contributed by atoms with van der Waals surface area (Å²) in [5, 5.41) is 3.85. The molecule has 0 aliphatic carbocycles. The number of nitrogens with one attached hydrogen (secondary N) is 1. The van der Waals surface area contributed by atoms with Gasteiger partial charge in [0, 0.05) is 23.1 Å². The monoisotopic (exact) mass is 527 g/mol. The lowest BCUT2D eigenvalue weighted by molar-refractivity contribution is -0.139. The second-order valence-corrected chi connectivity index (χ2v) is 11.4. The number of aryl methyl sites for hydroxylation is 1. The lowest BCUT2D eigenvalue weighted by atomic mass is 10.1. The first kappa shape index (κ1) is 28.0. The van der Waals surface area contributed by atoms with Gasteiger partial charge in [-0.15, -0.1) is 0 Å². The fourth-order valence-corrected chi connectivity index (χ4v) is 4.57. The molecule has 0 unspecified atom stereocenters. The second-order valence-electron chi connectivity index (χ2n) is 8.66. The van der Waals surface area contributed by atoms with Crippen LogP contribution < -0.4 is 9.62 Å². The van der Waals surface area contributed by atoms with E-state index in [1.807, 2.05) is 13.8 Å². The van der Waals surface area contributed by atoms with E-state index in [1.165, 1.54) is 4.90 Å². The summed E-state index contributed by atoms with van der Waals surface area (Å²) in [5.74, 6) is -0.586. The number of anilines is 1. The van der Waals surface area contributed by atoms with E-state index in [-0.39, 0.29) is 18.4 Å². The van der Waals surface area contributed by atoms with Crippen molar-refractivity contribution >= 4 is 50.7 Å². The van der Waals surface area contributed by atoms with Crippen LogP contribution in [0.1, 0.15) is 31.9 Å². The maximum absolute atomic E-state index is 13.5. The van der Waals surface area contributed by atoms with Gasteiger partial charge >= 0.3 is 0 Å². The number of hydrogen-bond donors (Lipinski definition) is 1. The van der Waals surface area contributed by atoms with E-state index in [0.717, 1.165) is 16.1 Å². The molecule has 34 heavy (non-hydrogen) atoms. The predicted molar refractivity (Wildman–Crippen MR) is 138 cm³/mol. The third kappa shape index (κ3) is 7.89. The summed E-state index contributed by atoms with van der Waals surface area (Å²) in [6, 6.07) is 10.9. The highest BCUT2D eigenvalue weighted by Gasteiger charge is 2.30. The van der Waals surface area contributed by atoms with E-state index in [4.69, 9.17) is 23.2 Å². The highest BCUT2D eigenvalue weighted by atomic mass is 35.5. The number of halogens is 2. The molecule has 0 saturated carbocycles.